The van der Waals surface area contributed by atoms with Crippen molar-refractivity contribution < 1.29 is 9.32 Å². The van der Waals surface area contributed by atoms with Crippen LogP contribution in [0.4, 0.5) is 4.79 Å². The first kappa shape index (κ1) is 18.5. The molecule has 0 saturated carbocycles. The molecule has 0 aliphatic carbocycles. The molecule has 2 aromatic rings. The van der Waals surface area contributed by atoms with Crippen molar-refractivity contribution in [2.24, 2.45) is 0 Å². The normalized spacial score (nSPS) is 12.2. The average Bonchev–Trinajstić information content (AvgIpc) is 2.99. The van der Waals surface area contributed by atoms with Gasteiger partial charge in [0.05, 0.1) is 16.1 Å². The summed E-state index contributed by atoms with van der Waals surface area (Å²) in [7, 11) is 0. The lowest BCUT2D eigenvalue weighted by atomic mass is 10.1. The molecule has 1 atom stereocenters. The Balaban J connectivity index is 1.78. The number of aromatic nitrogens is 2. The second-order valence-corrected chi connectivity index (χ2v) is 6.56. The van der Waals surface area contributed by atoms with Crippen LogP contribution in [0.1, 0.15) is 50.0 Å². The molecule has 1 aromatic heterocycles. The third kappa shape index (κ3) is 5.11. The first-order valence-electron chi connectivity index (χ1n) is 7.68. The summed E-state index contributed by atoms with van der Waals surface area (Å²) in [6.45, 7) is 6.25. The highest BCUT2D eigenvalue weighted by Crippen LogP contribution is 2.25. The van der Waals surface area contributed by atoms with Crippen molar-refractivity contribution in [2.75, 3.05) is 6.54 Å². The SMILES string of the molecule is CC(C)c1noc(CCNC(=O)NC(C)c2ccc(Cl)c(Cl)c2)n1. The summed E-state index contributed by atoms with van der Waals surface area (Å²) in [5, 5.41) is 10.4. The van der Waals surface area contributed by atoms with Crippen LogP contribution in [0.5, 0.6) is 0 Å². The Hall–Kier alpha value is -1.79. The molecule has 24 heavy (non-hydrogen) atoms. The van der Waals surface area contributed by atoms with Gasteiger partial charge in [-0.1, -0.05) is 48.3 Å². The first-order valence-corrected chi connectivity index (χ1v) is 8.44. The monoisotopic (exact) mass is 370 g/mol. The minimum absolute atomic E-state index is 0.198. The van der Waals surface area contributed by atoms with E-state index in [-0.39, 0.29) is 18.0 Å². The van der Waals surface area contributed by atoms with Crippen LogP contribution in [0.2, 0.25) is 10.0 Å². The topological polar surface area (TPSA) is 80.0 Å². The lowest BCUT2D eigenvalue weighted by Crippen LogP contribution is -2.38. The van der Waals surface area contributed by atoms with Gasteiger partial charge in [-0.3, -0.25) is 0 Å². The van der Waals surface area contributed by atoms with Crippen LogP contribution in [-0.4, -0.2) is 22.7 Å². The van der Waals surface area contributed by atoms with Gasteiger partial charge >= 0.3 is 6.03 Å². The van der Waals surface area contributed by atoms with Gasteiger partial charge in [-0.2, -0.15) is 4.98 Å². The van der Waals surface area contributed by atoms with E-state index in [0.717, 1.165) is 5.56 Å². The average molecular weight is 371 g/mol. The Labute approximate surface area is 150 Å². The van der Waals surface area contributed by atoms with Crippen LogP contribution in [-0.2, 0) is 6.42 Å². The molecule has 0 spiro atoms. The lowest BCUT2D eigenvalue weighted by molar-refractivity contribution is 0.237. The summed E-state index contributed by atoms with van der Waals surface area (Å²) in [5.41, 5.74) is 0.873. The molecule has 6 nitrogen and oxygen atoms in total. The number of urea groups is 1. The number of carbonyl (C=O) groups excluding carboxylic acids is 1. The fourth-order valence-electron chi connectivity index (χ4n) is 2.00. The van der Waals surface area contributed by atoms with E-state index in [0.29, 0.717) is 34.7 Å². The molecule has 1 unspecified atom stereocenters. The smallest absolute Gasteiger partial charge is 0.315 e. The van der Waals surface area contributed by atoms with Crippen LogP contribution in [0.25, 0.3) is 0 Å². The van der Waals surface area contributed by atoms with Crippen molar-refractivity contribution in [3.05, 3.63) is 45.5 Å². The molecule has 1 heterocycles. The summed E-state index contributed by atoms with van der Waals surface area (Å²) in [5.74, 6) is 1.39. The number of hydrogen-bond acceptors (Lipinski definition) is 4. The van der Waals surface area contributed by atoms with Crippen molar-refractivity contribution in [2.45, 2.75) is 39.2 Å². The largest absolute Gasteiger partial charge is 0.339 e. The summed E-state index contributed by atoms with van der Waals surface area (Å²) >= 11 is 11.9. The Morgan fingerprint density at radius 3 is 2.62 bits per heavy atom. The van der Waals surface area contributed by atoms with Crippen molar-refractivity contribution in [3.8, 4) is 0 Å². The maximum absolute atomic E-state index is 11.9. The van der Waals surface area contributed by atoms with Gasteiger partial charge in [-0.25, -0.2) is 4.79 Å². The number of nitrogens with one attached hydrogen (secondary N) is 2. The summed E-state index contributed by atoms with van der Waals surface area (Å²) in [6, 6.07) is 4.79. The van der Waals surface area contributed by atoms with E-state index in [1.54, 1.807) is 12.1 Å². The minimum Gasteiger partial charge on any atom is -0.339 e. The molecule has 1 aromatic carbocycles. The molecule has 2 rings (SSSR count). The number of hydrogen-bond donors (Lipinski definition) is 2. The second kappa shape index (κ2) is 8.35. The third-order valence-corrected chi connectivity index (χ3v) is 4.15. The van der Waals surface area contributed by atoms with Gasteiger partial charge in [0, 0.05) is 18.9 Å². The molecule has 0 aliphatic heterocycles. The molecule has 2 amide bonds. The second-order valence-electron chi connectivity index (χ2n) is 5.75. The number of amides is 2. The van der Waals surface area contributed by atoms with Crippen LogP contribution in [0, 0.1) is 0 Å². The fraction of sp³-hybridized carbons (Fsp3) is 0.438. The molecule has 0 bridgehead atoms. The Bertz CT molecular complexity index is 703. The predicted octanol–water partition coefficient (Wildman–Crippen LogP) is 4.10. The van der Waals surface area contributed by atoms with E-state index in [1.807, 2.05) is 26.8 Å². The van der Waals surface area contributed by atoms with E-state index in [1.165, 1.54) is 0 Å². The van der Waals surface area contributed by atoms with E-state index in [9.17, 15) is 4.79 Å². The molecule has 0 fully saturated rings. The maximum atomic E-state index is 11.9. The minimum atomic E-state index is -0.280. The first-order chi connectivity index (χ1) is 11.4. The van der Waals surface area contributed by atoms with Crippen molar-refractivity contribution in [1.82, 2.24) is 20.8 Å². The van der Waals surface area contributed by atoms with Gasteiger partial charge in [0.1, 0.15) is 0 Å². The quantitative estimate of drug-likeness (QED) is 0.801. The standard InChI is InChI=1S/C16H20Cl2N4O2/c1-9(2)15-21-14(24-22-15)6-7-19-16(23)20-10(3)11-4-5-12(17)13(18)8-11/h4-5,8-10H,6-7H2,1-3H3,(H2,19,20,23). The molecule has 0 saturated heterocycles. The van der Waals surface area contributed by atoms with Gasteiger partial charge in [0.15, 0.2) is 5.82 Å². The highest BCUT2D eigenvalue weighted by Gasteiger charge is 2.12. The zero-order valence-electron chi connectivity index (χ0n) is 13.8. The van der Waals surface area contributed by atoms with Crippen LogP contribution < -0.4 is 10.6 Å². The lowest BCUT2D eigenvalue weighted by Gasteiger charge is -2.15. The maximum Gasteiger partial charge on any atom is 0.315 e. The van der Waals surface area contributed by atoms with Crippen molar-refractivity contribution >= 4 is 29.2 Å². The Kier molecular flexibility index (Phi) is 6.45. The van der Waals surface area contributed by atoms with Crippen molar-refractivity contribution in [3.63, 3.8) is 0 Å². The Morgan fingerprint density at radius 1 is 1.25 bits per heavy atom. The number of benzene rings is 1. The van der Waals surface area contributed by atoms with Gasteiger partial charge in [-0.15, -0.1) is 0 Å². The molecule has 0 aliphatic rings. The molecular formula is C16H20Cl2N4O2. The third-order valence-electron chi connectivity index (χ3n) is 3.42. The summed E-state index contributed by atoms with van der Waals surface area (Å²) in [4.78, 5) is 16.2. The fourth-order valence-corrected chi connectivity index (χ4v) is 2.31. The zero-order chi connectivity index (χ0) is 17.7. The van der Waals surface area contributed by atoms with Crippen LogP contribution in [0.15, 0.2) is 22.7 Å². The molecule has 2 N–H and O–H groups in total. The zero-order valence-corrected chi connectivity index (χ0v) is 15.3. The van der Waals surface area contributed by atoms with E-state index in [2.05, 4.69) is 20.8 Å². The molecule has 0 radical (unpaired) electrons. The highest BCUT2D eigenvalue weighted by atomic mass is 35.5. The Morgan fingerprint density at radius 2 is 2.00 bits per heavy atom. The summed E-state index contributed by atoms with van der Waals surface area (Å²) < 4.78 is 5.12. The number of halogens is 2. The molecule has 130 valence electrons. The number of carbonyl (C=O) groups is 1. The number of nitrogens with zero attached hydrogens (tertiary/aromatic N) is 2. The summed E-state index contributed by atoms with van der Waals surface area (Å²) in [6.07, 6.45) is 0.480. The van der Waals surface area contributed by atoms with Gasteiger partial charge in [0.25, 0.3) is 0 Å². The number of rotatable bonds is 6. The molecular weight excluding hydrogens is 351 g/mol. The van der Waals surface area contributed by atoms with E-state index < -0.39 is 0 Å². The van der Waals surface area contributed by atoms with E-state index >= 15 is 0 Å². The van der Waals surface area contributed by atoms with Gasteiger partial charge in [0.2, 0.25) is 5.89 Å². The molecule has 8 heteroatoms. The van der Waals surface area contributed by atoms with Crippen molar-refractivity contribution in [1.29, 1.82) is 0 Å². The van der Waals surface area contributed by atoms with Crippen LogP contribution in [0.3, 0.4) is 0 Å². The highest BCUT2D eigenvalue weighted by molar-refractivity contribution is 6.42. The van der Waals surface area contributed by atoms with Gasteiger partial charge < -0.3 is 15.2 Å². The van der Waals surface area contributed by atoms with Crippen LogP contribution >= 0.6 is 23.2 Å². The van der Waals surface area contributed by atoms with E-state index in [4.69, 9.17) is 27.7 Å². The predicted molar refractivity (Wildman–Crippen MR) is 93.5 cm³/mol. The van der Waals surface area contributed by atoms with Gasteiger partial charge in [-0.05, 0) is 24.6 Å².